The molecule has 0 aliphatic heterocycles. The summed E-state index contributed by atoms with van der Waals surface area (Å²) in [4.78, 5) is 8.58. The van der Waals surface area contributed by atoms with Crippen LogP contribution in [0.5, 0.6) is 5.75 Å². The number of nitrogens with zero attached hydrogens (tertiary/aromatic N) is 3. The van der Waals surface area contributed by atoms with Crippen molar-refractivity contribution in [1.29, 1.82) is 0 Å². The van der Waals surface area contributed by atoms with Crippen molar-refractivity contribution in [3.8, 4) is 16.9 Å². The van der Waals surface area contributed by atoms with Gasteiger partial charge in [-0.05, 0) is 18.2 Å². The smallest absolute Gasteiger partial charge is 0.126 e. The molecule has 0 unspecified atom stereocenters. The van der Waals surface area contributed by atoms with Crippen molar-refractivity contribution in [3.05, 3.63) is 55.1 Å². The first-order valence-electron chi connectivity index (χ1n) is 7.10. The van der Waals surface area contributed by atoms with Crippen LogP contribution in [0.25, 0.3) is 32.9 Å². The lowest BCUT2D eigenvalue weighted by Crippen LogP contribution is -1.93. The van der Waals surface area contributed by atoms with Gasteiger partial charge in [0.2, 0.25) is 0 Å². The Morgan fingerprint density at radius 3 is 2.77 bits per heavy atom. The molecule has 0 radical (unpaired) electrons. The molecule has 4 aromatic rings. The molecule has 0 aliphatic rings. The van der Waals surface area contributed by atoms with Crippen molar-refractivity contribution in [2.45, 2.75) is 0 Å². The number of para-hydroxylation sites is 1. The molecule has 4 nitrogen and oxygen atoms in total. The van der Waals surface area contributed by atoms with Gasteiger partial charge in [0.1, 0.15) is 12.1 Å². The Morgan fingerprint density at radius 1 is 1.05 bits per heavy atom. The highest BCUT2D eigenvalue weighted by atomic mass is 16.5. The summed E-state index contributed by atoms with van der Waals surface area (Å²) in [5, 5.41) is 2.22. The number of methoxy groups -OCH3 is 1. The lowest BCUT2D eigenvalue weighted by Gasteiger charge is -2.12. The molecule has 0 aliphatic carbocycles. The van der Waals surface area contributed by atoms with E-state index in [1.54, 1.807) is 13.4 Å². The van der Waals surface area contributed by atoms with Gasteiger partial charge < -0.3 is 9.30 Å². The number of aromatic nitrogens is 3. The fraction of sp³-hybridized carbons (Fsp3) is 0.111. The van der Waals surface area contributed by atoms with E-state index in [4.69, 9.17) is 4.74 Å². The van der Waals surface area contributed by atoms with Gasteiger partial charge in [-0.15, -0.1) is 0 Å². The molecule has 4 heteroatoms. The third-order valence-electron chi connectivity index (χ3n) is 4.04. The first-order valence-corrected chi connectivity index (χ1v) is 7.10. The number of hydrogen-bond donors (Lipinski definition) is 0. The van der Waals surface area contributed by atoms with Crippen LogP contribution in [0.2, 0.25) is 0 Å². The van der Waals surface area contributed by atoms with Crippen LogP contribution in [0, 0.1) is 0 Å². The lowest BCUT2D eigenvalue weighted by molar-refractivity contribution is 0.416. The summed E-state index contributed by atoms with van der Waals surface area (Å²) < 4.78 is 7.66. The van der Waals surface area contributed by atoms with Gasteiger partial charge in [0.05, 0.1) is 18.1 Å². The van der Waals surface area contributed by atoms with Crippen molar-refractivity contribution in [1.82, 2.24) is 14.5 Å². The quantitative estimate of drug-likeness (QED) is 0.563. The topological polar surface area (TPSA) is 39.9 Å². The second kappa shape index (κ2) is 4.84. The number of ether oxygens (including phenoxy) is 1. The van der Waals surface area contributed by atoms with Crippen molar-refractivity contribution in [2.75, 3.05) is 7.11 Å². The van der Waals surface area contributed by atoms with Gasteiger partial charge in [-0.1, -0.05) is 18.2 Å². The minimum absolute atomic E-state index is 0.860. The van der Waals surface area contributed by atoms with Crippen molar-refractivity contribution in [3.63, 3.8) is 0 Å². The summed E-state index contributed by atoms with van der Waals surface area (Å²) in [6.07, 6.45) is 5.52. The predicted octanol–water partition coefficient (Wildman–Crippen LogP) is 3.80. The Labute approximate surface area is 128 Å². The fourth-order valence-corrected chi connectivity index (χ4v) is 3.02. The van der Waals surface area contributed by atoms with E-state index in [9.17, 15) is 0 Å². The van der Waals surface area contributed by atoms with Crippen LogP contribution in [0.3, 0.4) is 0 Å². The molecule has 2 aromatic heterocycles. The fourth-order valence-electron chi connectivity index (χ4n) is 3.02. The number of aryl methyl sites for hydroxylation is 1. The molecule has 4 rings (SSSR count). The average Bonchev–Trinajstić information content (AvgIpc) is 2.96. The molecule has 0 saturated carbocycles. The number of hydrogen-bond acceptors (Lipinski definition) is 3. The molecule has 2 heterocycles. The van der Waals surface area contributed by atoms with E-state index in [0.717, 1.165) is 38.7 Å². The Bertz CT molecular complexity index is 988. The molecule has 0 N–H and O–H groups in total. The molecule has 108 valence electrons. The first-order chi connectivity index (χ1) is 10.8. The molecule has 0 amide bonds. The summed E-state index contributed by atoms with van der Waals surface area (Å²) in [5.41, 5.74) is 4.28. The third-order valence-corrected chi connectivity index (χ3v) is 4.04. The Balaban J connectivity index is 2.18. The molecule has 0 bridgehead atoms. The highest BCUT2D eigenvalue weighted by Crippen LogP contribution is 2.38. The Hall–Kier alpha value is -2.88. The summed E-state index contributed by atoms with van der Waals surface area (Å²) >= 11 is 0. The molecular weight excluding hydrogens is 274 g/mol. The minimum atomic E-state index is 0.860. The largest absolute Gasteiger partial charge is 0.496 e. The number of rotatable bonds is 2. The summed E-state index contributed by atoms with van der Waals surface area (Å²) in [5.74, 6) is 0.860. The van der Waals surface area contributed by atoms with Crippen LogP contribution in [-0.4, -0.2) is 21.6 Å². The molecular formula is C18H15N3O. The summed E-state index contributed by atoms with van der Waals surface area (Å²) in [6.45, 7) is 0. The van der Waals surface area contributed by atoms with Crippen LogP contribution in [0.15, 0.2) is 55.1 Å². The van der Waals surface area contributed by atoms with Crippen LogP contribution in [0.4, 0.5) is 0 Å². The van der Waals surface area contributed by atoms with E-state index in [1.165, 1.54) is 0 Å². The van der Waals surface area contributed by atoms with Gasteiger partial charge in [-0.25, -0.2) is 9.97 Å². The van der Waals surface area contributed by atoms with E-state index < -0.39 is 0 Å². The normalized spacial score (nSPS) is 11.2. The monoisotopic (exact) mass is 289 g/mol. The second-order valence-corrected chi connectivity index (χ2v) is 5.27. The van der Waals surface area contributed by atoms with E-state index in [2.05, 4.69) is 46.0 Å². The predicted molar refractivity (Wildman–Crippen MR) is 88.0 cm³/mol. The SMILES string of the molecule is COc1ccccc1-c1cc2ncncc2c2ccn(C)c12. The van der Waals surface area contributed by atoms with E-state index in [1.807, 2.05) is 24.4 Å². The van der Waals surface area contributed by atoms with Crippen molar-refractivity contribution in [2.24, 2.45) is 7.05 Å². The van der Waals surface area contributed by atoms with E-state index in [-0.39, 0.29) is 0 Å². The van der Waals surface area contributed by atoms with Crippen molar-refractivity contribution < 1.29 is 4.74 Å². The Morgan fingerprint density at radius 2 is 1.91 bits per heavy atom. The zero-order chi connectivity index (χ0) is 15.1. The average molecular weight is 289 g/mol. The van der Waals surface area contributed by atoms with Gasteiger partial charge in [0.15, 0.2) is 0 Å². The molecule has 0 spiro atoms. The zero-order valence-electron chi connectivity index (χ0n) is 12.4. The summed E-state index contributed by atoms with van der Waals surface area (Å²) in [6, 6.07) is 12.3. The first kappa shape index (κ1) is 12.8. The molecule has 22 heavy (non-hydrogen) atoms. The minimum Gasteiger partial charge on any atom is -0.496 e. The highest BCUT2D eigenvalue weighted by molar-refractivity contribution is 6.11. The molecule has 0 atom stereocenters. The van der Waals surface area contributed by atoms with E-state index >= 15 is 0 Å². The highest BCUT2D eigenvalue weighted by Gasteiger charge is 2.14. The molecule has 0 fully saturated rings. The van der Waals surface area contributed by atoms with Gasteiger partial charge >= 0.3 is 0 Å². The zero-order valence-corrected chi connectivity index (χ0v) is 12.4. The van der Waals surface area contributed by atoms with Gasteiger partial charge in [0.25, 0.3) is 0 Å². The second-order valence-electron chi connectivity index (χ2n) is 5.27. The summed E-state index contributed by atoms with van der Waals surface area (Å²) in [7, 11) is 3.75. The van der Waals surface area contributed by atoms with Gasteiger partial charge in [-0.3, -0.25) is 0 Å². The standard InChI is InChI=1S/C18H15N3O/c1-21-8-7-13-15-10-19-11-20-16(15)9-14(18(13)21)12-5-3-4-6-17(12)22-2/h3-11H,1-2H3. The van der Waals surface area contributed by atoms with Crippen LogP contribution < -0.4 is 4.74 Å². The number of benzene rings is 2. The maximum Gasteiger partial charge on any atom is 0.126 e. The van der Waals surface area contributed by atoms with Gasteiger partial charge in [-0.2, -0.15) is 0 Å². The third kappa shape index (κ3) is 1.77. The van der Waals surface area contributed by atoms with E-state index in [0.29, 0.717) is 0 Å². The van der Waals surface area contributed by atoms with Gasteiger partial charge in [0, 0.05) is 41.3 Å². The molecule has 2 aromatic carbocycles. The van der Waals surface area contributed by atoms with Crippen molar-refractivity contribution >= 4 is 21.8 Å². The molecule has 0 saturated heterocycles. The Kier molecular flexibility index (Phi) is 2.82. The maximum absolute atomic E-state index is 5.54. The van der Waals surface area contributed by atoms with Crippen LogP contribution in [0.1, 0.15) is 0 Å². The van der Waals surface area contributed by atoms with Crippen LogP contribution >= 0.6 is 0 Å². The number of fused-ring (bicyclic) bond motifs is 3. The van der Waals surface area contributed by atoms with Crippen LogP contribution in [-0.2, 0) is 7.05 Å². The maximum atomic E-state index is 5.54. The lowest BCUT2D eigenvalue weighted by atomic mass is 9.99.